The van der Waals surface area contributed by atoms with Crippen molar-refractivity contribution in [2.24, 2.45) is 17.8 Å². The first-order valence-corrected chi connectivity index (χ1v) is 25.9. The molecule has 4 aliphatic rings. The largest absolute Gasteiger partial charge is 0.416 e. The summed E-state index contributed by atoms with van der Waals surface area (Å²) in [5.41, 5.74) is 0.359. The zero-order valence-electron chi connectivity index (χ0n) is 42.1. The standard InChI is InChI=1S/C52H73F3N10O7/c1-33(2)63(3)38-16-18-44(65-23-19-42(51(65)70)61-47-39-28-37(52(53,54)55)15-17-41(39)59-32-60-47)43(29-38)62-49(68)35-13-11-34(12-14-35)48(67)57-21-8-26-71-24-5-6-25-72-27-9-22-58-50(69)40-30-45(66)64(4)46(40)36-10-7-20-56-31-36/h7,10,15,17,20,28,31-35,38,40,42-44,46H,5-6,8-9,11-14,16,18-19,21-27,29-30H2,1-4H3,(H,57,67)(H,58,69)(H,62,68)(H,59,60,61)/t34-,35-,38-,40+,42+,43-,44+,46-/m1/s1. The van der Waals surface area contributed by atoms with Crippen molar-refractivity contribution in [1.29, 1.82) is 0 Å². The normalized spacial score (nSPS) is 24.8. The molecule has 7 rings (SSSR count). The van der Waals surface area contributed by atoms with Gasteiger partial charge >= 0.3 is 6.18 Å². The van der Waals surface area contributed by atoms with Gasteiger partial charge in [-0.1, -0.05) is 6.07 Å². The lowest BCUT2D eigenvalue weighted by Crippen LogP contribution is -2.59. The Labute approximate surface area is 420 Å². The molecule has 0 bridgehead atoms. The van der Waals surface area contributed by atoms with Crippen molar-refractivity contribution >= 4 is 46.3 Å². The second-order valence-corrected chi connectivity index (χ2v) is 20.2. The Morgan fingerprint density at radius 3 is 2.17 bits per heavy atom. The number of fused-ring (bicyclic) bond motifs is 1. The molecular weight excluding hydrogens is 934 g/mol. The Kier molecular flexibility index (Phi) is 19.2. The topological polar surface area (TPSA) is 200 Å². The molecule has 20 heteroatoms. The van der Waals surface area contributed by atoms with Gasteiger partial charge < -0.3 is 45.4 Å². The predicted molar refractivity (Wildman–Crippen MR) is 264 cm³/mol. The van der Waals surface area contributed by atoms with Crippen LogP contribution in [0.4, 0.5) is 19.0 Å². The van der Waals surface area contributed by atoms with E-state index in [1.807, 2.05) is 11.0 Å². The minimum atomic E-state index is -4.55. The van der Waals surface area contributed by atoms with E-state index in [0.29, 0.717) is 109 Å². The van der Waals surface area contributed by atoms with Crippen molar-refractivity contribution in [3.05, 3.63) is 60.2 Å². The summed E-state index contributed by atoms with van der Waals surface area (Å²) in [7, 11) is 3.81. The van der Waals surface area contributed by atoms with E-state index in [1.165, 1.54) is 12.4 Å². The fourth-order valence-electron chi connectivity index (χ4n) is 10.8. The van der Waals surface area contributed by atoms with Crippen LogP contribution in [0.25, 0.3) is 10.9 Å². The smallest absolute Gasteiger partial charge is 0.381 e. The van der Waals surface area contributed by atoms with E-state index in [0.717, 1.165) is 37.0 Å². The number of halogens is 3. The third-order valence-corrected chi connectivity index (χ3v) is 15.2. The van der Waals surface area contributed by atoms with Gasteiger partial charge in [-0.05, 0) is 128 Å². The summed E-state index contributed by atoms with van der Waals surface area (Å²) in [6.45, 7) is 7.90. The van der Waals surface area contributed by atoms with E-state index >= 15 is 0 Å². The molecule has 2 aromatic heterocycles. The highest BCUT2D eigenvalue weighted by Crippen LogP contribution is 2.38. The number of pyridine rings is 1. The van der Waals surface area contributed by atoms with Gasteiger partial charge in [0.1, 0.15) is 18.2 Å². The predicted octanol–water partition coefficient (Wildman–Crippen LogP) is 5.65. The number of nitrogens with one attached hydrogen (secondary N) is 4. The average Bonchev–Trinajstić information content (AvgIpc) is 3.89. The van der Waals surface area contributed by atoms with Crippen LogP contribution in [0.1, 0.15) is 114 Å². The quantitative estimate of drug-likeness (QED) is 0.0853. The van der Waals surface area contributed by atoms with Gasteiger partial charge in [0.05, 0.1) is 35.1 Å². The monoisotopic (exact) mass is 1010 g/mol. The van der Waals surface area contributed by atoms with Gasteiger partial charge in [0.15, 0.2) is 0 Å². The number of unbranched alkanes of at least 4 members (excludes halogenated alkanes) is 1. The number of anilines is 1. The number of alkyl halides is 3. The van der Waals surface area contributed by atoms with Gasteiger partial charge in [-0.3, -0.25) is 29.0 Å². The maximum absolute atomic E-state index is 14.1. The molecule has 0 radical (unpaired) electrons. The SMILES string of the molecule is CC(C)N(C)[C@@H]1CC[C@H](N2CC[C@H](Nc3ncnc4ccc(C(F)(F)F)cc34)C2=O)[C@H](NC(=O)[C@H]2CC[C@H](C(=O)NCCCOCCCCOCCCNC(=O)[C@H]3CC(=O)N(C)[C@@H]3c3cccnc3)CC2)C1. The Morgan fingerprint density at radius 1 is 0.847 bits per heavy atom. The molecule has 0 unspecified atom stereocenters. The van der Waals surface area contributed by atoms with Gasteiger partial charge in [-0.25, -0.2) is 9.97 Å². The number of nitrogens with zero attached hydrogens (tertiary/aromatic N) is 6. The molecule has 6 atom stereocenters. The molecule has 2 saturated carbocycles. The van der Waals surface area contributed by atoms with E-state index in [9.17, 15) is 37.1 Å². The molecule has 5 amide bonds. The van der Waals surface area contributed by atoms with Crippen LogP contribution < -0.4 is 21.3 Å². The van der Waals surface area contributed by atoms with Gasteiger partial charge in [0.2, 0.25) is 29.5 Å². The highest BCUT2D eigenvalue weighted by molar-refractivity contribution is 5.93. The van der Waals surface area contributed by atoms with Crippen LogP contribution in [-0.2, 0) is 39.6 Å². The molecule has 4 N–H and O–H groups in total. The Morgan fingerprint density at radius 2 is 1.51 bits per heavy atom. The first-order valence-electron chi connectivity index (χ1n) is 25.9. The Bertz CT molecular complexity index is 2300. The summed E-state index contributed by atoms with van der Waals surface area (Å²) >= 11 is 0. The van der Waals surface area contributed by atoms with Crippen molar-refractivity contribution in [2.45, 2.75) is 140 Å². The summed E-state index contributed by atoms with van der Waals surface area (Å²) < 4.78 is 52.3. The summed E-state index contributed by atoms with van der Waals surface area (Å²) in [5.74, 6) is -1.13. The number of likely N-dealkylation sites (tertiary alicyclic amines) is 2. The number of ether oxygens (including phenoxy) is 2. The zero-order chi connectivity index (χ0) is 51.4. The second kappa shape index (κ2) is 25.5. The molecule has 2 aliphatic carbocycles. The first kappa shape index (κ1) is 54.3. The number of benzene rings is 1. The van der Waals surface area contributed by atoms with Crippen LogP contribution >= 0.6 is 0 Å². The number of aromatic nitrogens is 3. The van der Waals surface area contributed by atoms with Crippen molar-refractivity contribution < 1.29 is 46.6 Å². The molecule has 3 aromatic rings. The lowest BCUT2D eigenvalue weighted by molar-refractivity contribution is -0.137. The Balaban J connectivity index is 0.763. The summed E-state index contributed by atoms with van der Waals surface area (Å²) in [4.78, 5) is 84.7. The molecule has 1 aromatic carbocycles. The van der Waals surface area contributed by atoms with Crippen LogP contribution in [0.5, 0.6) is 0 Å². The molecular formula is C52H73F3N10O7. The van der Waals surface area contributed by atoms with Crippen molar-refractivity contribution in [1.82, 2.24) is 45.6 Å². The van der Waals surface area contributed by atoms with E-state index in [4.69, 9.17) is 9.47 Å². The summed E-state index contributed by atoms with van der Waals surface area (Å²) in [6, 6.07) is 5.91. The minimum Gasteiger partial charge on any atom is -0.381 e. The lowest BCUT2D eigenvalue weighted by Gasteiger charge is -2.45. The van der Waals surface area contributed by atoms with E-state index in [-0.39, 0.29) is 89.2 Å². The molecule has 4 heterocycles. The van der Waals surface area contributed by atoms with Gasteiger partial charge in [-0.15, -0.1) is 0 Å². The van der Waals surface area contributed by atoms with Crippen molar-refractivity contribution in [3.8, 4) is 0 Å². The Hall–Kier alpha value is -5.47. The maximum atomic E-state index is 14.1. The van der Waals surface area contributed by atoms with Crippen molar-refractivity contribution in [3.63, 3.8) is 0 Å². The minimum absolute atomic E-state index is 0.000816. The fraction of sp³-hybridized carbons (Fsp3) is 0.654. The number of carbonyl (C=O) groups excluding carboxylic acids is 5. The van der Waals surface area contributed by atoms with Crippen LogP contribution in [0, 0.1) is 17.8 Å². The molecule has 2 saturated heterocycles. The highest BCUT2D eigenvalue weighted by atomic mass is 19.4. The lowest BCUT2D eigenvalue weighted by atomic mass is 9.80. The van der Waals surface area contributed by atoms with Gasteiger partial charge in [-0.2, -0.15) is 13.2 Å². The van der Waals surface area contributed by atoms with Crippen LogP contribution in [0.15, 0.2) is 49.1 Å². The zero-order valence-corrected chi connectivity index (χ0v) is 42.1. The first-order chi connectivity index (χ1) is 34.6. The maximum Gasteiger partial charge on any atom is 0.416 e. The van der Waals surface area contributed by atoms with Gasteiger partial charge in [0, 0.05) is 101 Å². The summed E-state index contributed by atoms with van der Waals surface area (Å²) in [6.07, 6.45) is 8.34. The van der Waals surface area contributed by atoms with Crippen LogP contribution in [0.2, 0.25) is 0 Å². The van der Waals surface area contributed by atoms with E-state index in [1.54, 1.807) is 30.4 Å². The number of carbonyl (C=O) groups is 5. The molecule has 394 valence electrons. The molecule has 17 nitrogen and oxygen atoms in total. The molecule has 0 spiro atoms. The number of amides is 5. The van der Waals surface area contributed by atoms with Crippen LogP contribution in [-0.4, -0.2) is 150 Å². The van der Waals surface area contributed by atoms with Crippen LogP contribution in [0.3, 0.4) is 0 Å². The second-order valence-electron chi connectivity index (χ2n) is 20.2. The van der Waals surface area contributed by atoms with Gasteiger partial charge in [0.25, 0.3) is 0 Å². The van der Waals surface area contributed by atoms with E-state index < -0.39 is 23.7 Å². The number of hydrogen-bond donors (Lipinski definition) is 4. The number of rotatable bonds is 23. The highest BCUT2D eigenvalue weighted by Gasteiger charge is 2.45. The third kappa shape index (κ3) is 14.0. The average molecular weight is 1010 g/mol. The molecule has 4 fully saturated rings. The van der Waals surface area contributed by atoms with Crippen molar-refractivity contribution in [2.75, 3.05) is 65.5 Å². The third-order valence-electron chi connectivity index (χ3n) is 15.2. The fourth-order valence-corrected chi connectivity index (χ4v) is 10.8. The molecule has 2 aliphatic heterocycles. The van der Waals surface area contributed by atoms with E-state index in [2.05, 4.69) is 62.0 Å². The number of hydrogen-bond acceptors (Lipinski definition) is 12. The summed E-state index contributed by atoms with van der Waals surface area (Å²) in [5, 5.41) is 12.7. The molecule has 72 heavy (non-hydrogen) atoms.